The van der Waals surface area contributed by atoms with Gasteiger partial charge in [-0.05, 0) is 34.7 Å². The number of amides is 1. The smallest absolute Gasteiger partial charge is 0.407 e. The molecule has 2 heterocycles. The zero-order valence-corrected chi connectivity index (χ0v) is 16.9. The second-order valence-corrected chi connectivity index (χ2v) is 7.43. The number of nitrogens with zero attached hydrogens (tertiary/aromatic N) is 3. The molecule has 1 aliphatic carbocycles. The summed E-state index contributed by atoms with van der Waals surface area (Å²) in [6, 6.07) is 18.5. The molecule has 0 spiro atoms. The van der Waals surface area contributed by atoms with E-state index in [-0.39, 0.29) is 5.92 Å². The molecule has 154 valence electrons. The maximum Gasteiger partial charge on any atom is 0.407 e. The maximum atomic E-state index is 12.2. The number of alkyl carbamates (subject to hydrolysis) is 1. The largest absolute Gasteiger partial charge is 0.449 e. The van der Waals surface area contributed by atoms with Crippen molar-refractivity contribution in [1.82, 2.24) is 19.9 Å². The van der Waals surface area contributed by atoms with Crippen LogP contribution in [0.2, 0.25) is 0 Å². The highest BCUT2D eigenvalue weighted by molar-refractivity contribution is 5.79. The van der Waals surface area contributed by atoms with E-state index in [9.17, 15) is 4.79 Å². The number of aromatic nitrogens is 3. The number of carbonyl (C=O) groups excluding carboxylic acids is 1. The fourth-order valence-electron chi connectivity index (χ4n) is 4.08. The molecule has 2 aromatic carbocycles. The zero-order valence-electron chi connectivity index (χ0n) is 16.9. The number of hydrogen-bond donors (Lipinski definition) is 1. The topological polar surface area (TPSA) is 68.5 Å². The van der Waals surface area contributed by atoms with Gasteiger partial charge in [-0.2, -0.15) is 5.10 Å². The van der Waals surface area contributed by atoms with Crippen molar-refractivity contribution in [3.8, 4) is 11.1 Å². The summed E-state index contributed by atoms with van der Waals surface area (Å²) < 4.78 is 7.28. The normalized spacial score (nSPS) is 12.8. The average molecular weight is 410 g/mol. The molecule has 6 nitrogen and oxygen atoms in total. The van der Waals surface area contributed by atoms with Crippen molar-refractivity contribution in [2.75, 3.05) is 13.2 Å². The number of benzene rings is 2. The van der Waals surface area contributed by atoms with Gasteiger partial charge in [0.2, 0.25) is 0 Å². The molecule has 0 aliphatic heterocycles. The van der Waals surface area contributed by atoms with Crippen LogP contribution < -0.4 is 5.32 Å². The molecular formula is C25H22N4O2. The fraction of sp³-hybridized carbons (Fsp3) is 0.160. The minimum Gasteiger partial charge on any atom is -0.449 e. The Morgan fingerprint density at radius 3 is 2.58 bits per heavy atom. The zero-order chi connectivity index (χ0) is 21.0. The lowest BCUT2D eigenvalue weighted by Gasteiger charge is -2.14. The van der Waals surface area contributed by atoms with Gasteiger partial charge in [0.1, 0.15) is 6.61 Å². The van der Waals surface area contributed by atoms with Crippen LogP contribution in [0, 0.1) is 0 Å². The van der Waals surface area contributed by atoms with E-state index in [1.165, 1.54) is 22.3 Å². The van der Waals surface area contributed by atoms with Gasteiger partial charge in [0.25, 0.3) is 0 Å². The van der Waals surface area contributed by atoms with E-state index in [0.717, 1.165) is 11.2 Å². The Labute approximate surface area is 180 Å². The molecule has 0 saturated carbocycles. The Hall–Kier alpha value is -3.93. The fourth-order valence-corrected chi connectivity index (χ4v) is 4.08. The molecule has 4 aromatic rings. The summed E-state index contributed by atoms with van der Waals surface area (Å²) in [5.74, 6) is 0.0705. The highest BCUT2D eigenvalue weighted by Crippen LogP contribution is 2.44. The van der Waals surface area contributed by atoms with Crippen LogP contribution in [0.4, 0.5) is 4.79 Å². The van der Waals surface area contributed by atoms with Crippen LogP contribution in [0.1, 0.15) is 29.0 Å². The van der Waals surface area contributed by atoms with Crippen LogP contribution in [-0.2, 0) is 4.74 Å². The summed E-state index contributed by atoms with van der Waals surface area (Å²) in [6.07, 6.45) is 9.63. The molecule has 31 heavy (non-hydrogen) atoms. The van der Waals surface area contributed by atoms with Crippen LogP contribution in [-0.4, -0.2) is 33.8 Å². The average Bonchev–Trinajstić information content (AvgIpc) is 3.37. The minimum atomic E-state index is -0.395. The molecule has 0 fully saturated rings. The van der Waals surface area contributed by atoms with Crippen LogP contribution in [0.25, 0.3) is 22.9 Å². The van der Waals surface area contributed by atoms with Gasteiger partial charge in [0.05, 0.1) is 6.20 Å². The van der Waals surface area contributed by atoms with E-state index in [1.54, 1.807) is 16.9 Å². The van der Waals surface area contributed by atoms with Gasteiger partial charge in [-0.25, -0.2) is 14.3 Å². The van der Waals surface area contributed by atoms with Crippen molar-refractivity contribution in [3.63, 3.8) is 0 Å². The molecule has 2 aromatic heterocycles. The number of carbonyl (C=O) groups is 1. The van der Waals surface area contributed by atoms with Gasteiger partial charge >= 0.3 is 6.09 Å². The van der Waals surface area contributed by atoms with Gasteiger partial charge in [0, 0.05) is 30.4 Å². The highest BCUT2D eigenvalue weighted by Gasteiger charge is 2.28. The molecule has 5 rings (SSSR count). The quantitative estimate of drug-likeness (QED) is 0.469. The Kier molecular flexibility index (Phi) is 5.19. The first-order chi connectivity index (χ1) is 15.3. The van der Waals surface area contributed by atoms with Gasteiger partial charge in [-0.15, -0.1) is 0 Å². The standard InChI is InChI=1S/C25H22N4O2/c30-25(27-13-6-5-8-18-16-28-29-15-7-14-26-24(18)29)31-17-23-21-11-3-1-9-19(21)20-10-2-4-12-22(20)23/h1-5,7-12,14-16,23H,6,13,17H2,(H,27,30). The number of hydrogen-bond acceptors (Lipinski definition) is 4. The first-order valence-electron chi connectivity index (χ1n) is 10.3. The molecule has 6 heteroatoms. The second-order valence-electron chi connectivity index (χ2n) is 7.43. The number of fused-ring (bicyclic) bond motifs is 4. The monoisotopic (exact) mass is 410 g/mol. The number of nitrogens with one attached hydrogen (secondary N) is 1. The summed E-state index contributed by atoms with van der Waals surface area (Å²) in [4.78, 5) is 16.5. The first-order valence-corrected chi connectivity index (χ1v) is 10.3. The van der Waals surface area contributed by atoms with Gasteiger partial charge < -0.3 is 10.1 Å². The Morgan fingerprint density at radius 1 is 1.06 bits per heavy atom. The molecule has 1 N–H and O–H groups in total. The van der Waals surface area contributed by atoms with Crippen molar-refractivity contribution in [2.24, 2.45) is 0 Å². The summed E-state index contributed by atoms with van der Waals surface area (Å²) in [5.41, 5.74) is 6.62. The van der Waals surface area contributed by atoms with Crippen molar-refractivity contribution >= 4 is 17.8 Å². The predicted octanol–water partition coefficient (Wildman–Crippen LogP) is 4.67. The van der Waals surface area contributed by atoms with E-state index in [0.29, 0.717) is 19.6 Å². The van der Waals surface area contributed by atoms with Crippen LogP contribution in [0.3, 0.4) is 0 Å². The molecule has 1 amide bonds. The molecule has 0 radical (unpaired) electrons. The van der Waals surface area contributed by atoms with E-state index in [2.05, 4.69) is 39.7 Å². The summed E-state index contributed by atoms with van der Waals surface area (Å²) >= 11 is 0. The van der Waals surface area contributed by atoms with Gasteiger partial charge in [-0.3, -0.25) is 0 Å². The summed E-state index contributed by atoms with van der Waals surface area (Å²) in [6.45, 7) is 0.823. The SMILES string of the molecule is O=C(NCCC=Cc1cnn2cccnc12)OCC1c2ccccc2-c2ccccc21. The molecule has 0 atom stereocenters. The van der Waals surface area contributed by atoms with E-state index < -0.39 is 6.09 Å². The minimum absolute atomic E-state index is 0.0705. The van der Waals surface area contributed by atoms with Crippen molar-refractivity contribution < 1.29 is 9.53 Å². The second kappa shape index (κ2) is 8.44. The molecule has 0 saturated heterocycles. The van der Waals surface area contributed by atoms with Gasteiger partial charge in [-0.1, -0.05) is 60.7 Å². The third-order valence-electron chi connectivity index (χ3n) is 5.53. The Morgan fingerprint density at radius 2 is 1.81 bits per heavy atom. The van der Waals surface area contributed by atoms with Crippen LogP contribution >= 0.6 is 0 Å². The molecule has 0 bridgehead atoms. The van der Waals surface area contributed by atoms with Gasteiger partial charge in [0.15, 0.2) is 5.65 Å². The predicted molar refractivity (Wildman–Crippen MR) is 120 cm³/mol. The van der Waals surface area contributed by atoms with Crippen LogP contribution in [0.15, 0.2) is 79.3 Å². The lowest BCUT2D eigenvalue weighted by atomic mass is 9.98. The van der Waals surface area contributed by atoms with Crippen LogP contribution in [0.5, 0.6) is 0 Å². The van der Waals surface area contributed by atoms with Crippen molar-refractivity contribution in [1.29, 1.82) is 0 Å². The number of ether oxygens (including phenoxy) is 1. The third kappa shape index (κ3) is 3.80. The van der Waals surface area contributed by atoms with E-state index in [4.69, 9.17) is 4.74 Å². The van der Waals surface area contributed by atoms with E-state index >= 15 is 0 Å². The third-order valence-corrected chi connectivity index (χ3v) is 5.53. The maximum absolute atomic E-state index is 12.2. The lowest BCUT2D eigenvalue weighted by Crippen LogP contribution is -2.26. The summed E-state index contributed by atoms with van der Waals surface area (Å²) in [5, 5.41) is 7.08. The Bertz CT molecular complexity index is 1220. The molecule has 0 unspecified atom stereocenters. The first kappa shape index (κ1) is 19.1. The highest BCUT2D eigenvalue weighted by atomic mass is 16.5. The van der Waals surface area contributed by atoms with Crippen molar-refractivity contribution in [2.45, 2.75) is 12.3 Å². The van der Waals surface area contributed by atoms with Crippen molar-refractivity contribution in [3.05, 3.63) is 96.0 Å². The van der Waals surface area contributed by atoms with E-state index in [1.807, 2.05) is 48.7 Å². The lowest BCUT2D eigenvalue weighted by molar-refractivity contribution is 0.143. The molecule has 1 aliphatic rings. The summed E-state index contributed by atoms with van der Waals surface area (Å²) in [7, 11) is 0. The Balaban J connectivity index is 1.13. The number of rotatable bonds is 6. The molecular weight excluding hydrogens is 388 g/mol.